The summed E-state index contributed by atoms with van der Waals surface area (Å²) in [5.41, 5.74) is 4.47. The van der Waals surface area contributed by atoms with Gasteiger partial charge in [-0.2, -0.15) is 5.10 Å². The van der Waals surface area contributed by atoms with Crippen LogP contribution in [0.5, 0.6) is 0 Å². The molecule has 1 aromatic carbocycles. The number of fused-ring (bicyclic) bond motifs is 2. The van der Waals surface area contributed by atoms with Crippen molar-refractivity contribution in [3.8, 4) is 0 Å². The van der Waals surface area contributed by atoms with Crippen molar-refractivity contribution in [2.24, 2.45) is 5.92 Å². The molecule has 0 saturated carbocycles. The molecule has 3 heterocycles. The quantitative estimate of drug-likeness (QED) is 0.907. The van der Waals surface area contributed by atoms with Gasteiger partial charge in [0.25, 0.3) is 0 Å². The van der Waals surface area contributed by atoms with E-state index in [0.717, 1.165) is 12.5 Å². The van der Waals surface area contributed by atoms with E-state index in [4.69, 9.17) is 0 Å². The molecule has 1 N–H and O–H groups in total. The Balaban J connectivity index is 1.60. The Bertz CT molecular complexity index is 576. The van der Waals surface area contributed by atoms with Crippen LogP contribution in [0.1, 0.15) is 29.5 Å². The molecule has 1 saturated heterocycles. The number of aromatic nitrogens is 2. The minimum Gasteiger partial charge on any atom is -0.295 e. The van der Waals surface area contributed by atoms with E-state index in [1.54, 1.807) is 11.1 Å². The van der Waals surface area contributed by atoms with Crippen LogP contribution >= 0.6 is 0 Å². The third-order valence-corrected chi connectivity index (χ3v) is 4.94. The molecule has 104 valence electrons. The molecule has 2 unspecified atom stereocenters. The summed E-state index contributed by atoms with van der Waals surface area (Å²) in [6.45, 7) is 2.28. The fourth-order valence-electron chi connectivity index (χ4n) is 3.89. The first-order valence-electron chi connectivity index (χ1n) is 7.67. The Labute approximate surface area is 120 Å². The van der Waals surface area contributed by atoms with E-state index in [0.29, 0.717) is 6.04 Å². The van der Waals surface area contributed by atoms with Crippen LogP contribution in [0.2, 0.25) is 0 Å². The van der Waals surface area contributed by atoms with Gasteiger partial charge in [0.2, 0.25) is 0 Å². The van der Waals surface area contributed by atoms with Gasteiger partial charge in [-0.1, -0.05) is 24.3 Å². The van der Waals surface area contributed by atoms with Gasteiger partial charge in [-0.15, -0.1) is 0 Å². The van der Waals surface area contributed by atoms with Crippen LogP contribution in [0.3, 0.4) is 0 Å². The zero-order chi connectivity index (χ0) is 13.4. The van der Waals surface area contributed by atoms with Crippen LogP contribution in [0.25, 0.3) is 0 Å². The highest BCUT2D eigenvalue weighted by molar-refractivity contribution is 5.30. The van der Waals surface area contributed by atoms with Gasteiger partial charge in [0.1, 0.15) is 0 Å². The molecule has 2 atom stereocenters. The molecule has 3 nitrogen and oxygen atoms in total. The average molecular weight is 267 g/mol. The summed E-state index contributed by atoms with van der Waals surface area (Å²) in [5, 5.41) is 7.01. The summed E-state index contributed by atoms with van der Waals surface area (Å²) >= 11 is 0. The monoisotopic (exact) mass is 267 g/mol. The molecule has 3 aliphatic rings. The number of piperidine rings is 1. The van der Waals surface area contributed by atoms with Crippen LogP contribution in [0.15, 0.2) is 36.7 Å². The summed E-state index contributed by atoms with van der Waals surface area (Å²) in [7, 11) is 0. The number of rotatable bonds is 2. The largest absolute Gasteiger partial charge is 0.295 e. The van der Waals surface area contributed by atoms with Gasteiger partial charge >= 0.3 is 0 Å². The lowest BCUT2D eigenvalue weighted by Crippen LogP contribution is -2.46. The molecule has 3 heteroatoms. The van der Waals surface area contributed by atoms with Crippen LogP contribution in [-0.4, -0.2) is 27.7 Å². The Kier molecular flexibility index (Phi) is 3.07. The summed E-state index contributed by atoms with van der Waals surface area (Å²) in [5.74, 6) is 0.819. The van der Waals surface area contributed by atoms with E-state index in [9.17, 15) is 0 Å². The van der Waals surface area contributed by atoms with Gasteiger partial charge < -0.3 is 0 Å². The van der Waals surface area contributed by atoms with Crippen molar-refractivity contribution < 1.29 is 0 Å². The Morgan fingerprint density at radius 2 is 2.00 bits per heavy atom. The van der Waals surface area contributed by atoms with E-state index in [-0.39, 0.29) is 0 Å². The third-order valence-electron chi connectivity index (χ3n) is 4.94. The molecule has 2 aromatic rings. The van der Waals surface area contributed by atoms with Gasteiger partial charge in [-0.3, -0.25) is 10.00 Å². The standard InChI is InChI=1S/C17H21N3/c1-2-4-16-8-17-6-5-13(7-15(16)3-1)11-20(17)12-14-9-18-19-10-14/h1-4,9-10,13,17H,5-8,11-12H2,(H,18,19). The maximum atomic E-state index is 4.08. The first-order chi connectivity index (χ1) is 9.88. The van der Waals surface area contributed by atoms with E-state index in [2.05, 4.69) is 39.4 Å². The topological polar surface area (TPSA) is 31.9 Å². The van der Waals surface area contributed by atoms with Gasteiger partial charge in [-0.25, -0.2) is 0 Å². The van der Waals surface area contributed by atoms with E-state index < -0.39 is 0 Å². The van der Waals surface area contributed by atoms with Crippen molar-refractivity contribution in [3.05, 3.63) is 53.3 Å². The lowest BCUT2D eigenvalue weighted by Gasteiger charge is -2.42. The number of H-pyrrole nitrogens is 1. The normalized spacial score (nSPS) is 26.0. The number of nitrogens with one attached hydrogen (secondary N) is 1. The van der Waals surface area contributed by atoms with Gasteiger partial charge in [0.15, 0.2) is 0 Å². The van der Waals surface area contributed by atoms with Crippen LogP contribution in [-0.2, 0) is 19.4 Å². The minimum atomic E-state index is 0.697. The highest BCUT2D eigenvalue weighted by Crippen LogP contribution is 2.32. The highest BCUT2D eigenvalue weighted by Gasteiger charge is 2.31. The number of nitrogens with zero attached hydrogens (tertiary/aromatic N) is 2. The maximum Gasteiger partial charge on any atom is 0.0532 e. The van der Waals surface area contributed by atoms with Crippen molar-refractivity contribution in [2.45, 2.75) is 38.3 Å². The molecule has 0 radical (unpaired) electrons. The van der Waals surface area contributed by atoms with E-state index in [1.165, 1.54) is 37.8 Å². The Hall–Kier alpha value is -1.61. The summed E-state index contributed by atoms with van der Waals surface area (Å²) < 4.78 is 0. The van der Waals surface area contributed by atoms with Crippen LogP contribution in [0, 0.1) is 5.92 Å². The zero-order valence-electron chi connectivity index (χ0n) is 11.8. The molecule has 5 rings (SSSR count). The van der Waals surface area contributed by atoms with Crippen molar-refractivity contribution >= 4 is 0 Å². The predicted octanol–water partition coefficient (Wildman–Crippen LogP) is 2.79. The number of hydrogen-bond donors (Lipinski definition) is 1. The number of aromatic amines is 1. The lowest BCUT2D eigenvalue weighted by molar-refractivity contribution is 0.0938. The van der Waals surface area contributed by atoms with Crippen LogP contribution in [0.4, 0.5) is 0 Å². The smallest absolute Gasteiger partial charge is 0.0532 e. The van der Waals surface area contributed by atoms with Crippen molar-refractivity contribution in [1.82, 2.24) is 15.1 Å². The van der Waals surface area contributed by atoms with E-state index in [1.807, 2.05) is 12.4 Å². The molecule has 1 aliphatic carbocycles. The minimum absolute atomic E-state index is 0.697. The zero-order valence-corrected chi connectivity index (χ0v) is 11.8. The highest BCUT2D eigenvalue weighted by atomic mass is 15.2. The molecule has 1 aromatic heterocycles. The molecule has 0 spiro atoms. The van der Waals surface area contributed by atoms with Crippen LogP contribution < -0.4 is 0 Å². The fraction of sp³-hybridized carbons (Fsp3) is 0.471. The first-order valence-corrected chi connectivity index (χ1v) is 7.67. The van der Waals surface area contributed by atoms with Crippen molar-refractivity contribution in [2.75, 3.05) is 6.54 Å². The van der Waals surface area contributed by atoms with E-state index >= 15 is 0 Å². The van der Waals surface area contributed by atoms with Gasteiger partial charge in [0.05, 0.1) is 6.20 Å². The maximum absolute atomic E-state index is 4.08. The Morgan fingerprint density at radius 1 is 1.15 bits per heavy atom. The molecule has 2 aliphatic heterocycles. The summed E-state index contributed by atoms with van der Waals surface area (Å²) in [6, 6.07) is 9.73. The molecular formula is C17H21N3. The Morgan fingerprint density at radius 3 is 2.80 bits per heavy atom. The SMILES string of the molecule is c1ccc2c(c1)CC1CCC(C2)N(Cc2cn[nH]c2)C1. The van der Waals surface area contributed by atoms with Crippen molar-refractivity contribution in [3.63, 3.8) is 0 Å². The number of hydrogen-bond acceptors (Lipinski definition) is 2. The fourth-order valence-corrected chi connectivity index (χ4v) is 3.89. The molecule has 0 amide bonds. The third kappa shape index (κ3) is 2.27. The average Bonchev–Trinajstić information content (AvgIpc) is 2.93. The summed E-state index contributed by atoms with van der Waals surface area (Å²) in [6.07, 6.45) is 9.18. The van der Waals surface area contributed by atoms with Crippen molar-refractivity contribution in [1.29, 1.82) is 0 Å². The second-order valence-electron chi connectivity index (χ2n) is 6.31. The molecule has 1 fully saturated rings. The molecule has 2 bridgehead atoms. The summed E-state index contributed by atoms with van der Waals surface area (Å²) in [4.78, 5) is 2.68. The lowest BCUT2D eigenvalue weighted by atomic mass is 9.80. The van der Waals surface area contributed by atoms with Gasteiger partial charge in [0, 0.05) is 30.9 Å². The second kappa shape index (κ2) is 5.06. The van der Waals surface area contributed by atoms with Gasteiger partial charge in [-0.05, 0) is 42.7 Å². The molecular weight excluding hydrogens is 246 g/mol. The first kappa shape index (κ1) is 12.2. The molecule has 20 heavy (non-hydrogen) atoms. The predicted molar refractivity (Wildman–Crippen MR) is 79.4 cm³/mol. The second-order valence-corrected chi connectivity index (χ2v) is 6.31. The number of benzene rings is 1.